The van der Waals surface area contributed by atoms with Crippen LogP contribution in [0.2, 0.25) is 0 Å². The number of nitrogens with one attached hydrogen (secondary N) is 1. The molecule has 156 valence electrons. The summed E-state index contributed by atoms with van der Waals surface area (Å²) in [6, 6.07) is 13.6. The number of ether oxygens (including phenoxy) is 1. The fourth-order valence-corrected chi connectivity index (χ4v) is 4.45. The largest absolute Gasteiger partial charge is 0.376 e. The van der Waals surface area contributed by atoms with Gasteiger partial charge in [-0.2, -0.15) is 0 Å². The first-order valence-corrected chi connectivity index (χ1v) is 10.9. The average molecular weight is 424 g/mol. The van der Waals surface area contributed by atoms with Crippen LogP contribution in [-0.2, 0) is 9.53 Å². The molecule has 4 rings (SSSR count). The van der Waals surface area contributed by atoms with E-state index in [1.54, 1.807) is 4.90 Å². The van der Waals surface area contributed by atoms with Crippen LogP contribution >= 0.6 is 11.3 Å². The smallest absolute Gasteiger partial charge is 0.254 e. The topological polar surface area (TPSA) is 71.5 Å². The summed E-state index contributed by atoms with van der Waals surface area (Å²) in [5.41, 5.74) is 1.47. The van der Waals surface area contributed by atoms with Crippen LogP contribution in [0.1, 0.15) is 33.8 Å². The number of amides is 2. The molecule has 0 bridgehead atoms. The van der Waals surface area contributed by atoms with Crippen molar-refractivity contribution in [1.29, 1.82) is 0 Å². The third-order valence-corrected chi connectivity index (χ3v) is 6.33. The Morgan fingerprint density at radius 2 is 2.00 bits per heavy atom. The lowest BCUT2D eigenvalue weighted by Crippen LogP contribution is -2.42. The van der Waals surface area contributed by atoms with Crippen molar-refractivity contribution in [3.05, 3.63) is 58.6 Å². The first-order valence-electron chi connectivity index (χ1n) is 10.1. The number of hydrogen-bond acceptors (Lipinski definition) is 5. The number of hydrogen-bond donors (Lipinski definition) is 1. The highest BCUT2D eigenvalue weighted by molar-refractivity contribution is 7.15. The van der Waals surface area contributed by atoms with Crippen molar-refractivity contribution in [3.8, 4) is 0 Å². The Labute approximate surface area is 179 Å². The third kappa shape index (κ3) is 4.68. The Kier molecular flexibility index (Phi) is 6.11. The van der Waals surface area contributed by atoms with Gasteiger partial charge in [-0.05, 0) is 49.6 Å². The Bertz CT molecular complexity index is 1050. The molecule has 0 radical (unpaired) electrons. The van der Waals surface area contributed by atoms with Gasteiger partial charge in [-0.3, -0.25) is 9.59 Å². The molecule has 1 unspecified atom stereocenters. The van der Waals surface area contributed by atoms with E-state index in [2.05, 4.69) is 10.3 Å². The monoisotopic (exact) mass is 423 g/mol. The average Bonchev–Trinajstić information content (AvgIpc) is 3.36. The van der Waals surface area contributed by atoms with Gasteiger partial charge in [0.1, 0.15) is 6.54 Å². The number of aryl methyl sites for hydroxylation is 2. The van der Waals surface area contributed by atoms with E-state index in [9.17, 15) is 9.59 Å². The SMILES string of the molecule is Cc1nc(NC(=O)CN(CC2CCCO2)C(=O)c2ccc3ccccc3c2)sc1C. The van der Waals surface area contributed by atoms with Crippen molar-refractivity contribution in [1.82, 2.24) is 9.88 Å². The van der Waals surface area contributed by atoms with Gasteiger partial charge in [0.05, 0.1) is 11.8 Å². The van der Waals surface area contributed by atoms with Gasteiger partial charge in [0, 0.05) is 23.6 Å². The van der Waals surface area contributed by atoms with Gasteiger partial charge in [0.2, 0.25) is 5.91 Å². The van der Waals surface area contributed by atoms with E-state index >= 15 is 0 Å². The summed E-state index contributed by atoms with van der Waals surface area (Å²) in [6.07, 6.45) is 1.84. The Balaban J connectivity index is 1.53. The van der Waals surface area contributed by atoms with Crippen LogP contribution in [0.5, 0.6) is 0 Å². The molecule has 1 aliphatic rings. The summed E-state index contributed by atoms with van der Waals surface area (Å²) in [5, 5.41) is 5.46. The minimum absolute atomic E-state index is 0.0356. The molecule has 1 N–H and O–H groups in total. The minimum atomic E-state index is -0.254. The normalized spacial score (nSPS) is 16.0. The maximum absolute atomic E-state index is 13.3. The second-order valence-corrected chi connectivity index (χ2v) is 8.79. The molecule has 1 aliphatic heterocycles. The number of carbonyl (C=O) groups excluding carboxylic acids is 2. The summed E-state index contributed by atoms with van der Waals surface area (Å²) in [6.45, 7) is 4.94. The number of anilines is 1. The zero-order valence-corrected chi connectivity index (χ0v) is 18.0. The number of nitrogens with zero attached hydrogens (tertiary/aromatic N) is 2. The van der Waals surface area contributed by atoms with Crippen molar-refractivity contribution >= 4 is 39.1 Å². The van der Waals surface area contributed by atoms with Crippen LogP contribution < -0.4 is 5.32 Å². The van der Waals surface area contributed by atoms with E-state index < -0.39 is 0 Å². The molecule has 0 aliphatic carbocycles. The standard InChI is InChI=1S/C23H25N3O3S/c1-15-16(2)30-23(24-15)25-21(27)14-26(13-20-8-5-11-29-20)22(28)19-10-9-17-6-3-4-7-18(17)12-19/h3-4,6-7,9-10,12,20H,5,8,11,13-14H2,1-2H3,(H,24,25,27). The van der Waals surface area contributed by atoms with Crippen LogP contribution in [0, 0.1) is 13.8 Å². The van der Waals surface area contributed by atoms with Crippen molar-refractivity contribution in [2.45, 2.75) is 32.8 Å². The van der Waals surface area contributed by atoms with Crippen LogP contribution in [0.25, 0.3) is 10.8 Å². The molecule has 1 atom stereocenters. The fraction of sp³-hybridized carbons (Fsp3) is 0.348. The highest BCUT2D eigenvalue weighted by Gasteiger charge is 2.25. The maximum Gasteiger partial charge on any atom is 0.254 e. The van der Waals surface area contributed by atoms with Gasteiger partial charge < -0.3 is 15.0 Å². The van der Waals surface area contributed by atoms with Crippen LogP contribution in [-0.4, -0.2) is 47.5 Å². The fourth-order valence-electron chi connectivity index (χ4n) is 3.62. The van der Waals surface area contributed by atoms with E-state index in [1.807, 2.05) is 56.3 Å². The predicted molar refractivity (Wildman–Crippen MR) is 119 cm³/mol. The van der Waals surface area contributed by atoms with Gasteiger partial charge in [0.15, 0.2) is 5.13 Å². The number of benzene rings is 2. The van der Waals surface area contributed by atoms with Crippen LogP contribution in [0.3, 0.4) is 0 Å². The van der Waals surface area contributed by atoms with Crippen molar-refractivity contribution < 1.29 is 14.3 Å². The molecule has 3 aromatic rings. The second-order valence-electron chi connectivity index (χ2n) is 7.59. The van der Waals surface area contributed by atoms with Crippen molar-refractivity contribution in [3.63, 3.8) is 0 Å². The highest BCUT2D eigenvalue weighted by Crippen LogP contribution is 2.22. The quantitative estimate of drug-likeness (QED) is 0.646. The molecule has 0 spiro atoms. The predicted octanol–water partition coefficient (Wildman–Crippen LogP) is 4.17. The van der Waals surface area contributed by atoms with Gasteiger partial charge in [0.25, 0.3) is 5.91 Å². The van der Waals surface area contributed by atoms with Gasteiger partial charge >= 0.3 is 0 Å². The number of carbonyl (C=O) groups is 2. The van der Waals surface area contributed by atoms with Crippen molar-refractivity contribution in [2.24, 2.45) is 0 Å². The molecule has 2 aromatic carbocycles. The molecule has 1 aromatic heterocycles. The highest BCUT2D eigenvalue weighted by atomic mass is 32.1. The minimum Gasteiger partial charge on any atom is -0.376 e. The lowest BCUT2D eigenvalue weighted by molar-refractivity contribution is -0.117. The Morgan fingerprint density at radius 3 is 2.70 bits per heavy atom. The lowest BCUT2D eigenvalue weighted by atomic mass is 10.1. The molecule has 1 saturated heterocycles. The van der Waals surface area contributed by atoms with Gasteiger partial charge in [-0.1, -0.05) is 30.3 Å². The first-order chi connectivity index (χ1) is 14.5. The third-order valence-electron chi connectivity index (χ3n) is 5.34. The number of rotatable bonds is 6. The van der Waals surface area contributed by atoms with Gasteiger partial charge in [-0.15, -0.1) is 11.3 Å². The summed E-state index contributed by atoms with van der Waals surface area (Å²) < 4.78 is 5.72. The summed E-state index contributed by atoms with van der Waals surface area (Å²) in [5.74, 6) is -0.422. The molecule has 6 nitrogen and oxygen atoms in total. The van der Waals surface area contributed by atoms with E-state index in [4.69, 9.17) is 4.74 Å². The van der Waals surface area contributed by atoms with Crippen LogP contribution in [0.4, 0.5) is 5.13 Å². The molecule has 7 heteroatoms. The summed E-state index contributed by atoms with van der Waals surface area (Å²) in [7, 11) is 0. The number of fused-ring (bicyclic) bond motifs is 1. The second kappa shape index (κ2) is 8.93. The van der Waals surface area contributed by atoms with E-state index in [0.717, 1.165) is 34.2 Å². The molecule has 2 amide bonds. The maximum atomic E-state index is 13.3. The number of aromatic nitrogens is 1. The van der Waals surface area contributed by atoms with Crippen LogP contribution in [0.15, 0.2) is 42.5 Å². The molecule has 0 saturated carbocycles. The lowest BCUT2D eigenvalue weighted by Gasteiger charge is -2.25. The summed E-state index contributed by atoms with van der Waals surface area (Å²) >= 11 is 1.44. The number of thiazole rings is 1. The molecule has 2 heterocycles. The zero-order valence-electron chi connectivity index (χ0n) is 17.2. The first kappa shape index (κ1) is 20.5. The molecular formula is C23H25N3O3S. The molecule has 30 heavy (non-hydrogen) atoms. The van der Waals surface area contributed by atoms with Crippen molar-refractivity contribution in [2.75, 3.05) is 25.0 Å². The molecular weight excluding hydrogens is 398 g/mol. The molecule has 1 fully saturated rings. The van der Waals surface area contributed by atoms with E-state index in [1.165, 1.54) is 11.3 Å². The van der Waals surface area contributed by atoms with Gasteiger partial charge in [-0.25, -0.2) is 4.98 Å². The Morgan fingerprint density at radius 1 is 1.20 bits per heavy atom. The van der Waals surface area contributed by atoms with E-state index in [0.29, 0.717) is 23.8 Å². The zero-order chi connectivity index (χ0) is 21.1. The van der Waals surface area contributed by atoms with E-state index in [-0.39, 0.29) is 24.5 Å². The Hall–Kier alpha value is -2.77. The summed E-state index contributed by atoms with van der Waals surface area (Å²) in [4.78, 5) is 33.0.